The Bertz CT molecular complexity index is 364. The Morgan fingerprint density at radius 3 is 2.41 bits per heavy atom. The Balaban J connectivity index is 2.08. The van der Waals surface area contributed by atoms with E-state index in [-0.39, 0.29) is 11.5 Å². The zero-order valence-electron chi connectivity index (χ0n) is 11.1. The van der Waals surface area contributed by atoms with E-state index in [9.17, 15) is 0 Å². The van der Waals surface area contributed by atoms with Crippen molar-refractivity contribution in [3.8, 4) is 0 Å². The maximum absolute atomic E-state index is 5.36. The lowest BCUT2D eigenvalue weighted by atomic mass is 9.96. The molecule has 1 saturated heterocycles. The largest absolute Gasteiger partial charge is 0.379 e. The minimum atomic E-state index is -0.0630. The highest BCUT2D eigenvalue weighted by Crippen LogP contribution is 2.23. The van der Waals surface area contributed by atoms with Gasteiger partial charge in [0.2, 0.25) is 5.89 Å². The van der Waals surface area contributed by atoms with Crippen LogP contribution in [0.15, 0.2) is 4.52 Å². The van der Waals surface area contributed by atoms with Gasteiger partial charge in [0.25, 0.3) is 0 Å². The standard InChI is InChI=1S/C12H21N3O2/c1-9(15-5-7-16-8-6-15)10-13-11(14-17-10)12(2,3)4/h9H,5-8H2,1-4H3/t9-/m1/s1. The van der Waals surface area contributed by atoms with Crippen LogP contribution in [-0.4, -0.2) is 41.3 Å². The maximum Gasteiger partial charge on any atom is 0.243 e. The summed E-state index contributed by atoms with van der Waals surface area (Å²) in [6.45, 7) is 11.8. The Labute approximate surface area is 102 Å². The van der Waals surface area contributed by atoms with Crippen LogP contribution in [0.1, 0.15) is 45.5 Å². The molecule has 5 heteroatoms. The smallest absolute Gasteiger partial charge is 0.243 e. The molecule has 1 aromatic rings. The average molecular weight is 239 g/mol. The van der Waals surface area contributed by atoms with Crippen molar-refractivity contribution in [1.82, 2.24) is 15.0 Å². The van der Waals surface area contributed by atoms with Crippen LogP contribution in [0.3, 0.4) is 0 Å². The molecule has 96 valence electrons. The topological polar surface area (TPSA) is 51.4 Å². The fraction of sp³-hybridized carbons (Fsp3) is 0.833. The highest BCUT2D eigenvalue weighted by molar-refractivity contribution is 5.02. The third kappa shape index (κ3) is 2.84. The van der Waals surface area contributed by atoms with Crippen LogP contribution in [0.25, 0.3) is 0 Å². The van der Waals surface area contributed by atoms with Crippen molar-refractivity contribution in [2.24, 2.45) is 0 Å². The number of morpholine rings is 1. The lowest BCUT2D eigenvalue weighted by molar-refractivity contribution is 0.0134. The monoisotopic (exact) mass is 239 g/mol. The van der Waals surface area contributed by atoms with Gasteiger partial charge in [-0.1, -0.05) is 25.9 Å². The van der Waals surface area contributed by atoms with Crippen LogP contribution in [0, 0.1) is 0 Å². The van der Waals surface area contributed by atoms with E-state index < -0.39 is 0 Å². The third-order valence-corrected chi connectivity index (χ3v) is 3.06. The fourth-order valence-corrected chi connectivity index (χ4v) is 1.83. The number of rotatable bonds is 2. The second kappa shape index (κ2) is 4.74. The average Bonchev–Trinajstić information content (AvgIpc) is 2.78. The molecular formula is C12H21N3O2. The molecule has 2 heterocycles. The first-order chi connectivity index (χ1) is 7.98. The van der Waals surface area contributed by atoms with Gasteiger partial charge >= 0.3 is 0 Å². The summed E-state index contributed by atoms with van der Waals surface area (Å²) >= 11 is 0. The van der Waals surface area contributed by atoms with E-state index in [1.807, 2.05) is 0 Å². The van der Waals surface area contributed by atoms with E-state index in [1.54, 1.807) is 0 Å². The van der Waals surface area contributed by atoms with Crippen LogP contribution in [0.2, 0.25) is 0 Å². The molecule has 1 atom stereocenters. The summed E-state index contributed by atoms with van der Waals surface area (Å²) < 4.78 is 10.7. The molecule has 1 aromatic heterocycles. The SMILES string of the molecule is C[C@H](c1nc(C(C)(C)C)no1)N1CCOCC1. The number of hydrogen-bond acceptors (Lipinski definition) is 5. The molecule has 0 amide bonds. The predicted octanol–water partition coefficient (Wildman–Crippen LogP) is 1.76. The van der Waals surface area contributed by atoms with E-state index in [4.69, 9.17) is 9.26 Å². The zero-order valence-corrected chi connectivity index (χ0v) is 11.1. The quantitative estimate of drug-likeness (QED) is 0.787. The van der Waals surface area contributed by atoms with Gasteiger partial charge in [-0.25, -0.2) is 0 Å². The van der Waals surface area contributed by atoms with Crippen LogP contribution >= 0.6 is 0 Å². The molecule has 0 aliphatic carbocycles. The summed E-state index contributed by atoms with van der Waals surface area (Å²) in [7, 11) is 0. The molecule has 0 N–H and O–H groups in total. The normalized spacial score (nSPS) is 20.5. The van der Waals surface area contributed by atoms with E-state index in [0.29, 0.717) is 5.89 Å². The van der Waals surface area contributed by atoms with E-state index >= 15 is 0 Å². The summed E-state index contributed by atoms with van der Waals surface area (Å²) in [6.07, 6.45) is 0. The predicted molar refractivity (Wildman–Crippen MR) is 63.8 cm³/mol. The van der Waals surface area contributed by atoms with Crippen molar-refractivity contribution in [2.75, 3.05) is 26.3 Å². The number of hydrogen-bond donors (Lipinski definition) is 0. The van der Waals surface area contributed by atoms with Crippen LogP contribution in [0.4, 0.5) is 0 Å². The van der Waals surface area contributed by atoms with Crippen LogP contribution in [-0.2, 0) is 10.2 Å². The molecule has 0 radical (unpaired) electrons. The Morgan fingerprint density at radius 2 is 1.88 bits per heavy atom. The molecule has 0 bridgehead atoms. The molecule has 0 aromatic carbocycles. The molecule has 17 heavy (non-hydrogen) atoms. The van der Waals surface area contributed by atoms with Gasteiger partial charge in [0.1, 0.15) is 0 Å². The number of nitrogens with zero attached hydrogens (tertiary/aromatic N) is 3. The Morgan fingerprint density at radius 1 is 1.24 bits per heavy atom. The molecule has 1 aliphatic rings. The lowest BCUT2D eigenvalue weighted by Gasteiger charge is -2.30. The van der Waals surface area contributed by atoms with Gasteiger partial charge in [0.05, 0.1) is 19.3 Å². The molecule has 0 unspecified atom stereocenters. The first kappa shape index (κ1) is 12.5. The summed E-state index contributed by atoms with van der Waals surface area (Å²) in [5.41, 5.74) is -0.0630. The summed E-state index contributed by atoms with van der Waals surface area (Å²) in [5.74, 6) is 1.48. The zero-order chi connectivity index (χ0) is 12.5. The molecule has 2 rings (SSSR count). The van der Waals surface area contributed by atoms with E-state index in [0.717, 1.165) is 32.1 Å². The van der Waals surface area contributed by atoms with Crippen molar-refractivity contribution in [2.45, 2.75) is 39.2 Å². The lowest BCUT2D eigenvalue weighted by Crippen LogP contribution is -2.38. The van der Waals surface area contributed by atoms with Crippen molar-refractivity contribution in [3.05, 3.63) is 11.7 Å². The highest BCUT2D eigenvalue weighted by atomic mass is 16.5. The third-order valence-electron chi connectivity index (χ3n) is 3.06. The molecule has 0 spiro atoms. The summed E-state index contributed by atoms with van der Waals surface area (Å²) in [4.78, 5) is 6.81. The van der Waals surface area contributed by atoms with Gasteiger partial charge in [-0.05, 0) is 6.92 Å². The van der Waals surface area contributed by atoms with Crippen molar-refractivity contribution in [3.63, 3.8) is 0 Å². The second-order valence-corrected chi connectivity index (χ2v) is 5.53. The van der Waals surface area contributed by atoms with E-state index in [2.05, 4.69) is 42.7 Å². The van der Waals surface area contributed by atoms with Crippen molar-refractivity contribution in [1.29, 1.82) is 0 Å². The van der Waals surface area contributed by atoms with Gasteiger partial charge < -0.3 is 9.26 Å². The molecule has 0 saturated carbocycles. The summed E-state index contributed by atoms with van der Waals surface area (Å²) in [6, 6.07) is 0.169. The number of aromatic nitrogens is 2. The summed E-state index contributed by atoms with van der Waals surface area (Å²) in [5, 5.41) is 4.06. The van der Waals surface area contributed by atoms with Gasteiger partial charge in [-0.3, -0.25) is 4.90 Å². The Hall–Kier alpha value is -0.940. The van der Waals surface area contributed by atoms with Gasteiger partial charge in [0.15, 0.2) is 5.82 Å². The minimum absolute atomic E-state index is 0.0630. The van der Waals surface area contributed by atoms with Gasteiger partial charge in [0, 0.05) is 18.5 Å². The minimum Gasteiger partial charge on any atom is -0.379 e. The van der Waals surface area contributed by atoms with Gasteiger partial charge in [-0.2, -0.15) is 4.98 Å². The van der Waals surface area contributed by atoms with Crippen molar-refractivity contribution < 1.29 is 9.26 Å². The molecule has 1 aliphatic heterocycles. The highest BCUT2D eigenvalue weighted by Gasteiger charge is 2.26. The molecule has 5 nitrogen and oxygen atoms in total. The van der Waals surface area contributed by atoms with Crippen LogP contribution in [0.5, 0.6) is 0 Å². The van der Waals surface area contributed by atoms with E-state index in [1.165, 1.54) is 0 Å². The van der Waals surface area contributed by atoms with Gasteiger partial charge in [-0.15, -0.1) is 0 Å². The maximum atomic E-state index is 5.36. The fourth-order valence-electron chi connectivity index (χ4n) is 1.83. The van der Waals surface area contributed by atoms with Crippen LogP contribution < -0.4 is 0 Å². The molecular weight excluding hydrogens is 218 g/mol. The molecule has 1 fully saturated rings. The first-order valence-corrected chi connectivity index (χ1v) is 6.14. The first-order valence-electron chi connectivity index (χ1n) is 6.14. The second-order valence-electron chi connectivity index (χ2n) is 5.53. The van der Waals surface area contributed by atoms with Crippen molar-refractivity contribution >= 4 is 0 Å². The number of ether oxygens (including phenoxy) is 1. The Kier molecular flexibility index (Phi) is 3.49.